The molecule has 0 aliphatic heterocycles. The summed E-state index contributed by atoms with van der Waals surface area (Å²) in [5, 5.41) is 13.2. The normalized spacial score (nSPS) is 10.1. The Labute approximate surface area is 123 Å². The van der Waals surface area contributed by atoms with Gasteiger partial charge in [0, 0.05) is 18.0 Å². The molecule has 1 N–H and O–H groups in total. The lowest BCUT2D eigenvalue weighted by atomic mass is 10.2. The summed E-state index contributed by atoms with van der Waals surface area (Å²) < 4.78 is 0. The molecule has 0 bridgehead atoms. The van der Waals surface area contributed by atoms with Gasteiger partial charge in [0.2, 0.25) is 0 Å². The van der Waals surface area contributed by atoms with Crippen molar-refractivity contribution in [1.82, 2.24) is 4.98 Å². The van der Waals surface area contributed by atoms with Gasteiger partial charge < -0.3 is 5.32 Å². The summed E-state index contributed by atoms with van der Waals surface area (Å²) in [4.78, 5) is 25.8. The first-order valence-corrected chi connectivity index (χ1v) is 6.10. The SMILES string of the molecule is O=C(Nc1ccc([N+](=O)[O-])c(Cl)c1)c1cccnc1Cl. The maximum absolute atomic E-state index is 12.0. The van der Waals surface area contributed by atoms with E-state index in [0.29, 0.717) is 5.69 Å². The summed E-state index contributed by atoms with van der Waals surface area (Å²) in [5.74, 6) is -0.479. The summed E-state index contributed by atoms with van der Waals surface area (Å²) in [6.07, 6.45) is 1.46. The molecule has 0 unspecified atom stereocenters. The summed E-state index contributed by atoms with van der Waals surface area (Å²) in [6.45, 7) is 0. The summed E-state index contributed by atoms with van der Waals surface area (Å²) >= 11 is 11.5. The standard InChI is InChI=1S/C12H7Cl2N3O3/c13-9-6-7(3-4-10(9)17(19)20)16-12(18)8-2-1-5-15-11(8)14/h1-6H,(H,16,18). The Balaban J connectivity index is 2.23. The highest BCUT2D eigenvalue weighted by molar-refractivity contribution is 6.34. The smallest absolute Gasteiger partial charge is 0.288 e. The summed E-state index contributed by atoms with van der Waals surface area (Å²) in [7, 11) is 0. The predicted octanol–water partition coefficient (Wildman–Crippen LogP) is 3.55. The predicted molar refractivity (Wildman–Crippen MR) is 75.3 cm³/mol. The molecule has 0 radical (unpaired) electrons. The quantitative estimate of drug-likeness (QED) is 0.533. The van der Waals surface area contributed by atoms with Gasteiger partial charge in [-0.15, -0.1) is 0 Å². The second-order valence-electron chi connectivity index (χ2n) is 3.72. The van der Waals surface area contributed by atoms with E-state index in [1.807, 2.05) is 0 Å². The Bertz CT molecular complexity index is 691. The zero-order chi connectivity index (χ0) is 14.7. The van der Waals surface area contributed by atoms with Crippen LogP contribution in [0.5, 0.6) is 0 Å². The van der Waals surface area contributed by atoms with Crippen molar-refractivity contribution in [1.29, 1.82) is 0 Å². The number of hydrogen-bond donors (Lipinski definition) is 1. The molecule has 0 saturated carbocycles. The second kappa shape index (κ2) is 5.85. The van der Waals surface area contributed by atoms with Crippen LogP contribution in [0.4, 0.5) is 11.4 Å². The van der Waals surface area contributed by atoms with Crippen LogP contribution in [0.3, 0.4) is 0 Å². The highest BCUT2D eigenvalue weighted by atomic mass is 35.5. The van der Waals surface area contributed by atoms with Crippen molar-refractivity contribution in [3.8, 4) is 0 Å². The Kier molecular flexibility index (Phi) is 4.16. The number of nitro groups is 1. The molecule has 20 heavy (non-hydrogen) atoms. The Morgan fingerprint density at radius 1 is 1.30 bits per heavy atom. The number of benzene rings is 1. The average molecular weight is 312 g/mol. The number of nitrogens with one attached hydrogen (secondary N) is 1. The van der Waals surface area contributed by atoms with Crippen molar-refractivity contribution in [2.75, 3.05) is 5.32 Å². The van der Waals surface area contributed by atoms with E-state index in [1.54, 1.807) is 6.07 Å². The van der Waals surface area contributed by atoms with Crippen molar-refractivity contribution in [2.45, 2.75) is 0 Å². The molecule has 0 aliphatic rings. The average Bonchev–Trinajstić information content (AvgIpc) is 2.38. The summed E-state index contributed by atoms with van der Waals surface area (Å²) in [6, 6.07) is 6.97. The maximum Gasteiger partial charge on any atom is 0.288 e. The molecule has 0 atom stereocenters. The van der Waals surface area contributed by atoms with E-state index >= 15 is 0 Å². The molecule has 1 aromatic heterocycles. The van der Waals surface area contributed by atoms with Crippen LogP contribution in [0, 0.1) is 10.1 Å². The molecule has 1 amide bonds. The molecule has 6 nitrogen and oxygen atoms in total. The fourth-order valence-corrected chi connectivity index (χ4v) is 1.94. The van der Waals surface area contributed by atoms with Crippen molar-refractivity contribution >= 4 is 40.5 Å². The minimum Gasteiger partial charge on any atom is -0.322 e. The van der Waals surface area contributed by atoms with E-state index in [4.69, 9.17) is 23.2 Å². The number of hydrogen-bond acceptors (Lipinski definition) is 4. The van der Waals surface area contributed by atoms with Crippen LogP contribution < -0.4 is 5.32 Å². The van der Waals surface area contributed by atoms with E-state index in [9.17, 15) is 14.9 Å². The number of carbonyl (C=O) groups is 1. The minimum absolute atomic E-state index is 0.0647. The lowest BCUT2D eigenvalue weighted by Gasteiger charge is -2.06. The van der Waals surface area contributed by atoms with E-state index in [2.05, 4.69) is 10.3 Å². The Morgan fingerprint density at radius 2 is 2.05 bits per heavy atom. The molecular formula is C12H7Cl2N3O3. The first-order chi connectivity index (χ1) is 9.49. The molecule has 102 valence electrons. The number of nitro benzene ring substituents is 1. The van der Waals surface area contributed by atoms with Gasteiger partial charge in [-0.1, -0.05) is 23.2 Å². The van der Waals surface area contributed by atoms with Crippen LogP contribution in [0.15, 0.2) is 36.5 Å². The number of rotatable bonds is 3. The molecule has 1 aromatic carbocycles. The van der Waals surface area contributed by atoms with Gasteiger partial charge in [0.15, 0.2) is 0 Å². The monoisotopic (exact) mass is 311 g/mol. The van der Waals surface area contributed by atoms with Crippen LogP contribution in [-0.2, 0) is 0 Å². The van der Waals surface area contributed by atoms with Crippen LogP contribution >= 0.6 is 23.2 Å². The number of pyridine rings is 1. The lowest BCUT2D eigenvalue weighted by molar-refractivity contribution is -0.384. The molecule has 2 rings (SSSR count). The van der Waals surface area contributed by atoms with Crippen LogP contribution in [-0.4, -0.2) is 15.8 Å². The fourth-order valence-electron chi connectivity index (χ4n) is 1.49. The van der Waals surface area contributed by atoms with Crippen molar-refractivity contribution in [3.05, 3.63) is 62.4 Å². The largest absolute Gasteiger partial charge is 0.322 e. The molecule has 0 spiro atoms. The number of carbonyl (C=O) groups excluding carboxylic acids is 1. The van der Waals surface area contributed by atoms with Gasteiger partial charge in [-0.2, -0.15) is 0 Å². The van der Waals surface area contributed by atoms with Gasteiger partial charge in [0.25, 0.3) is 11.6 Å². The van der Waals surface area contributed by atoms with Gasteiger partial charge in [0.1, 0.15) is 10.2 Å². The van der Waals surface area contributed by atoms with E-state index < -0.39 is 10.8 Å². The second-order valence-corrected chi connectivity index (χ2v) is 4.48. The number of amides is 1. The first kappa shape index (κ1) is 14.2. The molecule has 1 heterocycles. The summed E-state index contributed by atoms with van der Waals surface area (Å²) in [5.41, 5.74) is 0.290. The third kappa shape index (κ3) is 3.04. The van der Waals surface area contributed by atoms with Gasteiger partial charge in [-0.25, -0.2) is 4.98 Å². The van der Waals surface area contributed by atoms with Crippen molar-refractivity contribution < 1.29 is 9.72 Å². The van der Waals surface area contributed by atoms with E-state index in [-0.39, 0.29) is 21.4 Å². The van der Waals surface area contributed by atoms with Gasteiger partial charge in [-0.05, 0) is 24.3 Å². The number of aromatic nitrogens is 1. The van der Waals surface area contributed by atoms with Gasteiger partial charge >= 0.3 is 0 Å². The highest BCUT2D eigenvalue weighted by Gasteiger charge is 2.15. The number of nitrogens with zero attached hydrogens (tertiary/aromatic N) is 2. The number of halogens is 2. The van der Waals surface area contributed by atoms with Crippen molar-refractivity contribution in [2.24, 2.45) is 0 Å². The third-order valence-corrected chi connectivity index (χ3v) is 3.01. The third-order valence-electron chi connectivity index (χ3n) is 2.41. The zero-order valence-corrected chi connectivity index (χ0v) is 11.4. The van der Waals surface area contributed by atoms with E-state index in [0.717, 1.165) is 0 Å². The molecule has 8 heteroatoms. The van der Waals surface area contributed by atoms with Gasteiger partial charge in [0.05, 0.1) is 10.5 Å². The van der Waals surface area contributed by atoms with Crippen LogP contribution in [0.25, 0.3) is 0 Å². The van der Waals surface area contributed by atoms with Crippen LogP contribution in [0.2, 0.25) is 10.2 Å². The molecule has 2 aromatic rings. The molecule has 0 fully saturated rings. The zero-order valence-electron chi connectivity index (χ0n) is 9.84. The first-order valence-electron chi connectivity index (χ1n) is 5.35. The van der Waals surface area contributed by atoms with Gasteiger partial charge in [-0.3, -0.25) is 14.9 Å². The van der Waals surface area contributed by atoms with Crippen LogP contribution in [0.1, 0.15) is 10.4 Å². The fraction of sp³-hybridized carbons (Fsp3) is 0. The minimum atomic E-state index is -0.605. The number of anilines is 1. The maximum atomic E-state index is 12.0. The topological polar surface area (TPSA) is 85.1 Å². The Morgan fingerprint density at radius 3 is 2.65 bits per heavy atom. The lowest BCUT2D eigenvalue weighted by Crippen LogP contribution is -2.12. The van der Waals surface area contributed by atoms with Crippen molar-refractivity contribution in [3.63, 3.8) is 0 Å². The Hall–Kier alpha value is -2.18. The molecule has 0 saturated heterocycles. The van der Waals surface area contributed by atoms with E-state index in [1.165, 1.54) is 30.5 Å². The highest BCUT2D eigenvalue weighted by Crippen LogP contribution is 2.27. The molecular weight excluding hydrogens is 305 g/mol. The molecule has 0 aliphatic carbocycles.